The van der Waals surface area contributed by atoms with Gasteiger partial charge in [0.15, 0.2) is 0 Å². The Morgan fingerprint density at radius 2 is 1.85 bits per heavy atom. The molecule has 3 rings (SSSR count). The molecule has 2 aromatic carbocycles. The third-order valence-corrected chi connectivity index (χ3v) is 4.36. The van der Waals surface area contributed by atoms with E-state index in [1.54, 1.807) is 24.3 Å². The molecule has 1 aliphatic rings. The van der Waals surface area contributed by atoms with E-state index in [-0.39, 0.29) is 24.8 Å². The molecule has 6 nitrogen and oxygen atoms in total. The molecule has 1 saturated heterocycles. The van der Waals surface area contributed by atoms with Crippen molar-refractivity contribution in [2.75, 3.05) is 18.0 Å². The van der Waals surface area contributed by atoms with E-state index in [0.717, 1.165) is 5.56 Å². The molecule has 2 N–H and O–H groups in total. The van der Waals surface area contributed by atoms with E-state index < -0.39 is 6.03 Å². The summed E-state index contributed by atoms with van der Waals surface area (Å²) in [6, 6.07) is 13.8. The van der Waals surface area contributed by atoms with Gasteiger partial charge in [-0.3, -0.25) is 19.8 Å². The maximum atomic E-state index is 12.6. The summed E-state index contributed by atoms with van der Waals surface area (Å²) >= 11 is 5.86. The largest absolute Gasteiger partial charge is 0.352 e. The number of imide groups is 1. The first kappa shape index (κ1) is 17.9. The number of carbonyl (C=O) groups excluding carboxylic acids is 3. The minimum atomic E-state index is -0.511. The summed E-state index contributed by atoms with van der Waals surface area (Å²) in [5, 5.41) is 5.81. The van der Waals surface area contributed by atoms with Crippen molar-refractivity contribution in [3.8, 4) is 0 Å². The van der Waals surface area contributed by atoms with E-state index >= 15 is 0 Å². The molecule has 1 aliphatic heterocycles. The molecule has 7 heteroatoms. The number of rotatable bonds is 5. The molecular weight excluding hydrogens is 354 g/mol. The number of para-hydroxylation sites is 1. The van der Waals surface area contributed by atoms with Gasteiger partial charge in [0.2, 0.25) is 5.91 Å². The predicted octanol–water partition coefficient (Wildman–Crippen LogP) is 2.76. The van der Waals surface area contributed by atoms with E-state index in [9.17, 15) is 14.4 Å². The van der Waals surface area contributed by atoms with E-state index in [1.165, 1.54) is 4.90 Å². The molecule has 0 bridgehead atoms. The van der Waals surface area contributed by atoms with Crippen LogP contribution in [-0.2, 0) is 11.2 Å². The molecule has 2 aromatic rings. The van der Waals surface area contributed by atoms with Crippen LogP contribution in [0.25, 0.3) is 0 Å². The maximum absolute atomic E-state index is 12.6. The van der Waals surface area contributed by atoms with Crippen molar-refractivity contribution in [3.63, 3.8) is 0 Å². The smallest absolute Gasteiger partial charge is 0.328 e. The van der Waals surface area contributed by atoms with Crippen molar-refractivity contribution in [3.05, 3.63) is 64.7 Å². The minimum Gasteiger partial charge on any atom is -0.352 e. The minimum absolute atomic E-state index is 0.207. The lowest BCUT2D eigenvalue weighted by Crippen LogP contribution is -2.50. The monoisotopic (exact) mass is 371 g/mol. The normalized spacial score (nSPS) is 14.1. The van der Waals surface area contributed by atoms with Crippen LogP contribution >= 0.6 is 11.6 Å². The van der Waals surface area contributed by atoms with Crippen LogP contribution in [0.2, 0.25) is 5.02 Å². The van der Waals surface area contributed by atoms with Gasteiger partial charge in [-0.15, -0.1) is 0 Å². The molecule has 0 radical (unpaired) electrons. The molecule has 0 atom stereocenters. The fourth-order valence-corrected chi connectivity index (χ4v) is 2.89. The first-order valence-corrected chi connectivity index (χ1v) is 8.65. The van der Waals surface area contributed by atoms with E-state index in [2.05, 4.69) is 10.6 Å². The molecule has 134 valence electrons. The summed E-state index contributed by atoms with van der Waals surface area (Å²) in [4.78, 5) is 37.4. The molecule has 1 fully saturated rings. The lowest BCUT2D eigenvalue weighted by molar-refractivity contribution is -0.120. The van der Waals surface area contributed by atoms with Gasteiger partial charge in [0.1, 0.15) is 0 Å². The number of benzene rings is 2. The average Bonchev–Trinajstić information content (AvgIpc) is 2.63. The van der Waals surface area contributed by atoms with Crippen molar-refractivity contribution in [1.29, 1.82) is 0 Å². The zero-order valence-corrected chi connectivity index (χ0v) is 14.8. The standard InChI is InChI=1S/C19H18ClN3O3/c20-14-7-5-13(6-8-14)9-11-21-18(25)15-3-1-2-4-16(15)23-12-10-17(24)22-19(23)26/h1-8H,9-12H2,(H,21,25)(H,22,24,26). The number of anilines is 1. The first-order chi connectivity index (χ1) is 12.5. The Morgan fingerprint density at radius 3 is 2.58 bits per heavy atom. The lowest BCUT2D eigenvalue weighted by Gasteiger charge is -2.28. The summed E-state index contributed by atoms with van der Waals surface area (Å²) in [5.41, 5.74) is 1.95. The number of amides is 4. The van der Waals surface area contributed by atoms with Crippen molar-refractivity contribution in [2.24, 2.45) is 0 Å². The van der Waals surface area contributed by atoms with Crippen molar-refractivity contribution in [1.82, 2.24) is 10.6 Å². The van der Waals surface area contributed by atoms with Gasteiger partial charge in [0.25, 0.3) is 5.91 Å². The Kier molecular flexibility index (Phi) is 5.53. The molecule has 26 heavy (non-hydrogen) atoms. The topological polar surface area (TPSA) is 78.5 Å². The number of urea groups is 1. The second kappa shape index (κ2) is 8.01. The van der Waals surface area contributed by atoms with Crippen LogP contribution < -0.4 is 15.5 Å². The molecule has 1 heterocycles. The van der Waals surface area contributed by atoms with Crippen molar-refractivity contribution in [2.45, 2.75) is 12.8 Å². The van der Waals surface area contributed by atoms with Crippen LogP contribution in [0.4, 0.5) is 10.5 Å². The Balaban J connectivity index is 1.67. The summed E-state index contributed by atoms with van der Waals surface area (Å²) in [6.45, 7) is 0.708. The highest BCUT2D eigenvalue weighted by Gasteiger charge is 2.27. The molecule has 4 amide bonds. The van der Waals surface area contributed by atoms with Crippen LogP contribution in [0.5, 0.6) is 0 Å². The number of halogens is 1. The first-order valence-electron chi connectivity index (χ1n) is 8.27. The van der Waals surface area contributed by atoms with Gasteiger partial charge in [-0.25, -0.2) is 4.79 Å². The quantitative estimate of drug-likeness (QED) is 0.848. The number of nitrogens with zero attached hydrogens (tertiary/aromatic N) is 1. The van der Waals surface area contributed by atoms with Crippen LogP contribution in [0.3, 0.4) is 0 Å². The van der Waals surface area contributed by atoms with Crippen LogP contribution in [-0.4, -0.2) is 30.9 Å². The number of nitrogens with one attached hydrogen (secondary N) is 2. The van der Waals surface area contributed by atoms with Gasteiger partial charge >= 0.3 is 6.03 Å². The maximum Gasteiger partial charge on any atom is 0.328 e. The van der Waals surface area contributed by atoms with Crippen LogP contribution in [0.15, 0.2) is 48.5 Å². The second-order valence-electron chi connectivity index (χ2n) is 5.90. The third-order valence-electron chi connectivity index (χ3n) is 4.11. The fourth-order valence-electron chi connectivity index (χ4n) is 2.76. The Morgan fingerprint density at radius 1 is 1.12 bits per heavy atom. The van der Waals surface area contributed by atoms with E-state index in [0.29, 0.717) is 29.2 Å². The molecule has 0 saturated carbocycles. The van der Waals surface area contributed by atoms with E-state index in [4.69, 9.17) is 11.6 Å². The molecular formula is C19H18ClN3O3. The van der Waals surface area contributed by atoms with Gasteiger partial charge in [-0.05, 0) is 36.2 Å². The highest BCUT2D eigenvalue weighted by molar-refractivity contribution is 6.30. The highest BCUT2D eigenvalue weighted by Crippen LogP contribution is 2.22. The van der Waals surface area contributed by atoms with Crippen molar-refractivity contribution >= 4 is 35.1 Å². The lowest BCUT2D eigenvalue weighted by atomic mass is 10.1. The van der Waals surface area contributed by atoms with Crippen molar-refractivity contribution < 1.29 is 14.4 Å². The summed E-state index contributed by atoms with van der Waals surface area (Å²) < 4.78 is 0. The third kappa shape index (κ3) is 4.21. The fraction of sp³-hybridized carbons (Fsp3) is 0.211. The zero-order chi connectivity index (χ0) is 18.5. The number of hydrogen-bond donors (Lipinski definition) is 2. The molecule has 0 aromatic heterocycles. The second-order valence-corrected chi connectivity index (χ2v) is 6.34. The summed E-state index contributed by atoms with van der Waals surface area (Å²) in [6.07, 6.45) is 0.877. The highest BCUT2D eigenvalue weighted by atomic mass is 35.5. The van der Waals surface area contributed by atoms with E-state index in [1.807, 2.05) is 24.3 Å². The van der Waals surface area contributed by atoms with Gasteiger partial charge in [-0.1, -0.05) is 35.9 Å². The van der Waals surface area contributed by atoms with Gasteiger partial charge in [0, 0.05) is 24.5 Å². The molecule has 0 spiro atoms. The Bertz CT molecular complexity index is 836. The molecule has 0 unspecified atom stereocenters. The predicted molar refractivity (Wildman–Crippen MR) is 99.4 cm³/mol. The van der Waals surface area contributed by atoms with Gasteiger partial charge in [0.05, 0.1) is 11.3 Å². The summed E-state index contributed by atoms with van der Waals surface area (Å²) in [7, 11) is 0. The Hall–Kier alpha value is -2.86. The summed E-state index contributed by atoms with van der Waals surface area (Å²) in [5.74, 6) is -0.574. The van der Waals surface area contributed by atoms with Crippen LogP contribution in [0, 0.1) is 0 Å². The van der Waals surface area contributed by atoms with Gasteiger partial charge in [-0.2, -0.15) is 0 Å². The SMILES string of the molecule is O=C1CCN(c2ccccc2C(=O)NCCc2ccc(Cl)cc2)C(=O)N1. The Labute approximate surface area is 156 Å². The van der Waals surface area contributed by atoms with Crippen LogP contribution in [0.1, 0.15) is 22.3 Å². The zero-order valence-electron chi connectivity index (χ0n) is 14.0. The molecule has 0 aliphatic carbocycles. The van der Waals surface area contributed by atoms with Gasteiger partial charge < -0.3 is 5.32 Å². The number of hydrogen-bond acceptors (Lipinski definition) is 3. The number of carbonyl (C=O) groups is 3. The average molecular weight is 372 g/mol.